The Labute approximate surface area is 191 Å². The van der Waals surface area contributed by atoms with Crippen LogP contribution in [0.5, 0.6) is 0 Å². The number of benzene rings is 2. The number of hydrogen-bond acceptors (Lipinski definition) is 6. The molecule has 0 unspecified atom stereocenters. The van der Waals surface area contributed by atoms with Crippen LogP contribution in [-0.2, 0) is 16.0 Å². The maximum absolute atomic E-state index is 12.8. The van der Waals surface area contributed by atoms with E-state index >= 15 is 0 Å². The van der Waals surface area contributed by atoms with Crippen LogP contribution in [0.25, 0.3) is 0 Å². The third kappa shape index (κ3) is 5.28. The van der Waals surface area contributed by atoms with Crippen LogP contribution in [0.4, 0.5) is 0 Å². The van der Waals surface area contributed by atoms with Gasteiger partial charge in [-0.05, 0) is 44.2 Å². The molecule has 1 aromatic heterocycles. The molecular weight excluding hydrogens is 424 g/mol. The molecule has 164 valence electrons. The lowest BCUT2D eigenvalue weighted by molar-refractivity contribution is 0.0471. The first-order chi connectivity index (χ1) is 15.5. The van der Waals surface area contributed by atoms with Crippen LogP contribution in [-0.4, -0.2) is 36.6 Å². The number of carbonyl (C=O) groups is 2. The van der Waals surface area contributed by atoms with Crippen molar-refractivity contribution < 1.29 is 19.1 Å². The quantitative estimate of drug-likeness (QED) is 0.345. The number of nitrogens with zero attached hydrogens (tertiary/aromatic N) is 2. The van der Waals surface area contributed by atoms with Crippen molar-refractivity contribution in [1.82, 2.24) is 4.57 Å². The second-order valence-electron chi connectivity index (χ2n) is 7.13. The Bertz CT molecular complexity index is 1180. The molecule has 0 aliphatic heterocycles. The highest BCUT2D eigenvalue weighted by Gasteiger charge is 2.19. The molecule has 6 nitrogen and oxygen atoms in total. The standard InChI is InChI=1S/C25H24N2O4S/c1-17-14-21(18(2)27(17)12-13-30-3)22(28)16-31-25(29)20-9-5-7-11-24(20)32-23-10-6-4-8-19(23)15-26/h4-11,14H,12-13,16H2,1-3H3. The predicted octanol–water partition coefficient (Wildman–Crippen LogP) is 4.81. The van der Waals surface area contributed by atoms with Gasteiger partial charge in [-0.15, -0.1) is 0 Å². The Balaban J connectivity index is 1.72. The summed E-state index contributed by atoms with van der Waals surface area (Å²) in [6, 6.07) is 18.1. The summed E-state index contributed by atoms with van der Waals surface area (Å²) in [5.41, 5.74) is 3.19. The van der Waals surface area contributed by atoms with E-state index in [0.29, 0.717) is 34.7 Å². The van der Waals surface area contributed by atoms with Gasteiger partial charge < -0.3 is 14.0 Å². The van der Waals surface area contributed by atoms with Crippen LogP contribution in [0, 0.1) is 25.2 Å². The molecule has 0 bridgehead atoms. The number of nitriles is 1. The second kappa shape index (κ2) is 10.8. The van der Waals surface area contributed by atoms with Gasteiger partial charge in [-0.1, -0.05) is 36.0 Å². The number of rotatable bonds is 9. The van der Waals surface area contributed by atoms with E-state index in [-0.39, 0.29) is 12.4 Å². The van der Waals surface area contributed by atoms with Crippen LogP contribution >= 0.6 is 11.8 Å². The molecule has 0 atom stereocenters. The van der Waals surface area contributed by atoms with Gasteiger partial charge in [-0.2, -0.15) is 5.26 Å². The van der Waals surface area contributed by atoms with Gasteiger partial charge in [0.15, 0.2) is 6.61 Å². The first-order valence-corrected chi connectivity index (χ1v) is 10.9. The summed E-state index contributed by atoms with van der Waals surface area (Å²) in [6.07, 6.45) is 0. The number of methoxy groups -OCH3 is 1. The Morgan fingerprint density at radius 3 is 2.44 bits per heavy atom. The molecule has 3 aromatic rings. The summed E-state index contributed by atoms with van der Waals surface area (Å²) in [5.74, 6) is -0.834. The SMILES string of the molecule is COCCn1c(C)cc(C(=O)COC(=O)c2ccccc2Sc2ccccc2C#N)c1C. The molecular formula is C25H24N2O4S. The smallest absolute Gasteiger partial charge is 0.339 e. The van der Waals surface area contributed by atoms with Crippen molar-refractivity contribution >= 4 is 23.5 Å². The van der Waals surface area contributed by atoms with E-state index in [9.17, 15) is 14.9 Å². The number of aromatic nitrogens is 1. The highest BCUT2D eigenvalue weighted by Crippen LogP contribution is 2.33. The Morgan fingerprint density at radius 1 is 1.03 bits per heavy atom. The molecule has 0 spiro atoms. The highest BCUT2D eigenvalue weighted by molar-refractivity contribution is 7.99. The largest absolute Gasteiger partial charge is 0.454 e. The fraction of sp³-hybridized carbons (Fsp3) is 0.240. The summed E-state index contributed by atoms with van der Waals surface area (Å²) in [7, 11) is 1.63. The number of hydrogen-bond donors (Lipinski definition) is 0. The zero-order valence-corrected chi connectivity index (χ0v) is 19.1. The van der Waals surface area contributed by atoms with E-state index in [4.69, 9.17) is 9.47 Å². The van der Waals surface area contributed by atoms with Gasteiger partial charge in [0.05, 0.1) is 17.7 Å². The first-order valence-electron chi connectivity index (χ1n) is 10.1. The lowest BCUT2D eigenvalue weighted by Gasteiger charge is -2.10. The van der Waals surface area contributed by atoms with Gasteiger partial charge in [0.1, 0.15) is 6.07 Å². The third-order valence-electron chi connectivity index (χ3n) is 5.06. The van der Waals surface area contributed by atoms with Crippen molar-refractivity contribution in [2.45, 2.75) is 30.2 Å². The van der Waals surface area contributed by atoms with Crippen molar-refractivity contribution in [3.05, 3.63) is 82.7 Å². The number of ether oxygens (including phenoxy) is 2. The molecule has 0 N–H and O–H groups in total. The Hall–Kier alpha value is -3.34. The fourth-order valence-corrected chi connectivity index (χ4v) is 4.40. The van der Waals surface area contributed by atoms with E-state index in [1.165, 1.54) is 11.8 Å². The van der Waals surface area contributed by atoms with E-state index in [2.05, 4.69) is 6.07 Å². The van der Waals surface area contributed by atoms with Crippen molar-refractivity contribution in [3.63, 3.8) is 0 Å². The normalized spacial score (nSPS) is 10.6. The summed E-state index contributed by atoms with van der Waals surface area (Å²) in [5, 5.41) is 9.32. The average Bonchev–Trinajstić information content (AvgIpc) is 3.09. The van der Waals surface area contributed by atoms with Crippen molar-refractivity contribution in [2.75, 3.05) is 20.3 Å². The first kappa shape index (κ1) is 23.3. The lowest BCUT2D eigenvalue weighted by Crippen LogP contribution is -2.16. The minimum atomic E-state index is -0.580. The number of Topliss-reactive ketones (excluding diaryl/α,β-unsaturated/α-hetero) is 1. The van der Waals surface area contributed by atoms with E-state index in [1.54, 1.807) is 37.4 Å². The van der Waals surface area contributed by atoms with E-state index in [1.807, 2.05) is 42.7 Å². The molecule has 0 aliphatic carbocycles. The highest BCUT2D eigenvalue weighted by atomic mass is 32.2. The van der Waals surface area contributed by atoms with Gasteiger partial charge in [-0.3, -0.25) is 4.79 Å². The Kier molecular flexibility index (Phi) is 7.87. The Morgan fingerprint density at radius 2 is 1.72 bits per heavy atom. The summed E-state index contributed by atoms with van der Waals surface area (Å²) < 4.78 is 12.5. The molecule has 0 radical (unpaired) electrons. The third-order valence-corrected chi connectivity index (χ3v) is 6.21. The van der Waals surface area contributed by atoms with E-state index in [0.717, 1.165) is 16.3 Å². The molecule has 2 aromatic carbocycles. The van der Waals surface area contributed by atoms with Crippen molar-refractivity contribution in [2.24, 2.45) is 0 Å². The number of ketones is 1. The van der Waals surface area contributed by atoms with Gasteiger partial charge in [0.25, 0.3) is 0 Å². The topological polar surface area (TPSA) is 81.3 Å². The summed E-state index contributed by atoms with van der Waals surface area (Å²) in [6.45, 7) is 4.65. The lowest BCUT2D eigenvalue weighted by atomic mass is 10.1. The molecule has 7 heteroatoms. The predicted molar refractivity (Wildman–Crippen MR) is 122 cm³/mol. The van der Waals surface area contributed by atoms with Crippen molar-refractivity contribution in [1.29, 1.82) is 5.26 Å². The van der Waals surface area contributed by atoms with Crippen LogP contribution in [0.2, 0.25) is 0 Å². The zero-order valence-electron chi connectivity index (χ0n) is 18.3. The fourth-order valence-electron chi connectivity index (χ4n) is 3.39. The molecule has 3 rings (SSSR count). The zero-order chi connectivity index (χ0) is 23.1. The molecule has 0 saturated carbocycles. The minimum Gasteiger partial charge on any atom is -0.454 e. The van der Waals surface area contributed by atoms with Gasteiger partial charge >= 0.3 is 5.97 Å². The number of esters is 1. The van der Waals surface area contributed by atoms with Gasteiger partial charge in [0, 0.05) is 40.4 Å². The minimum absolute atomic E-state index is 0.255. The number of carbonyl (C=O) groups excluding carboxylic acids is 2. The molecule has 0 amide bonds. The average molecular weight is 449 g/mol. The maximum atomic E-state index is 12.8. The number of aryl methyl sites for hydroxylation is 1. The summed E-state index contributed by atoms with van der Waals surface area (Å²) in [4.78, 5) is 26.9. The van der Waals surface area contributed by atoms with Crippen molar-refractivity contribution in [3.8, 4) is 6.07 Å². The van der Waals surface area contributed by atoms with Crippen LogP contribution in [0.15, 0.2) is 64.4 Å². The summed E-state index contributed by atoms with van der Waals surface area (Å²) >= 11 is 1.32. The van der Waals surface area contributed by atoms with Gasteiger partial charge in [0.2, 0.25) is 5.78 Å². The van der Waals surface area contributed by atoms with Crippen LogP contribution in [0.1, 0.15) is 37.7 Å². The van der Waals surface area contributed by atoms with Crippen LogP contribution < -0.4 is 0 Å². The van der Waals surface area contributed by atoms with Gasteiger partial charge in [-0.25, -0.2) is 4.79 Å². The maximum Gasteiger partial charge on any atom is 0.339 e. The molecule has 32 heavy (non-hydrogen) atoms. The monoisotopic (exact) mass is 448 g/mol. The molecule has 0 aliphatic rings. The molecule has 1 heterocycles. The molecule has 0 saturated heterocycles. The molecule has 0 fully saturated rings. The second-order valence-corrected chi connectivity index (χ2v) is 8.22. The van der Waals surface area contributed by atoms with Crippen LogP contribution in [0.3, 0.4) is 0 Å². The van der Waals surface area contributed by atoms with E-state index < -0.39 is 5.97 Å².